The lowest BCUT2D eigenvalue weighted by Gasteiger charge is -2.39. The molecule has 3 nitrogen and oxygen atoms in total. The van der Waals surface area contributed by atoms with Crippen LogP contribution in [0, 0.1) is 0 Å². The second-order valence-electron chi connectivity index (χ2n) is 4.41. The van der Waals surface area contributed by atoms with Crippen LogP contribution < -0.4 is 5.32 Å². The van der Waals surface area contributed by atoms with Crippen LogP contribution >= 0.6 is 11.8 Å². The van der Waals surface area contributed by atoms with E-state index in [0.717, 1.165) is 25.3 Å². The van der Waals surface area contributed by atoms with Crippen molar-refractivity contribution in [3.63, 3.8) is 0 Å². The van der Waals surface area contributed by atoms with Gasteiger partial charge in [0, 0.05) is 20.1 Å². The minimum absolute atomic E-state index is 0.135. The van der Waals surface area contributed by atoms with E-state index in [-0.39, 0.29) is 4.75 Å². The summed E-state index contributed by atoms with van der Waals surface area (Å²) in [7, 11) is 1.94. The number of carbonyl (C=O) groups excluding carboxylic acids is 1. The average molecular weight is 214 g/mol. The van der Waals surface area contributed by atoms with E-state index in [1.807, 2.05) is 23.7 Å². The maximum Gasteiger partial charge on any atom is 0.238 e. The first-order chi connectivity index (χ1) is 6.63. The Kier molecular flexibility index (Phi) is 2.75. The first kappa shape index (κ1) is 10.3. The smallest absolute Gasteiger partial charge is 0.238 e. The molecule has 2 heterocycles. The van der Waals surface area contributed by atoms with Crippen LogP contribution in [0.1, 0.15) is 19.8 Å². The molecule has 4 heteroatoms. The molecule has 0 aromatic carbocycles. The molecule has 2 aliphatic rings. The molecule has 0 saturated carbocycles. The summed E-state index contributed by atoms with van der Waals surface area (Å²) in [6.07, 6.45) is 2.23. The summed E-state index contributed by atoms with van der Waals surface area (Å²) < 4.78 is -0.135. The van der Waals surface area contributed by atoms with E-state index >= 15 is 0 Å². The standard InChI is InChI=1S/C10H18N2OS/c1-10(4-3-5-14-10)9(13)12(2)8-6-11-7-8/h8,11H,3-7H2,1-2H3. The topological polar surface area (TPSA) is 32.3 Å². The highest BCUT2D eigenvalue weighted by molar-refractivity contribution is 8.01. The molecule has 80 valence electrons. The van der Waals surface area contributed by atoms with Gasteiger partial charge in [0.15, 0.2) is 0 Å². The highest BCUT2D eigenvalue weighted by Crippen LogP contribution is 2.39. The molecule has 2 fully saturated rings. The minimum Gasteiger partial charge on any atom is -0.339 e. The van der Waals surface area contributed by atoms with Crippen molar-refractivity contribution in [3.05, 3.63) is 0 Å². The summed E-state index contributed by atoms with van der Waals surface area (Å²) in [5.41, 5.74) is 0. The Balaban J connectivity index is 1.98. The number of thioether (sulfide) groups is 1. The van der Waals surface area contributed by atoms with E-state index in [9.17, 15) is 4.79 Å². The molecular formula is C10H18N2OS. The van der Waals surface area contributed by atoms with Crippen LogP contribution in [0.25, 0.3) is 0 Å². The lowest BCUT2D eigenvalue weighted by molar-refractivity contribution is -0.135. The lowest BCUT2D eigenvalue weighted by Crippen LogP contribution is -2.60. The van der Waals surface area contributed by atoms with Crippen molar-refractivity contribution < 1.29 is 4.79 Å². The van der Waals surface area contributed by atoms with Gasteiger partial charge in [-0.15, -0.1) is 11.8 Å². The molecule has 1 atom stereocenters. The molecule has 2 aliphatic heterocycles. The van der Waals surface area contributed by atoms with Crippen LogP contribution in [-0.4, -0.2) is 47.5 Å². The molecule has 0 aromatic rings. The Labute approximate surface area is 89.6 Å². The van der Waals surface area contributed by atoms with Gasteiger partial charge in [0.05, 0.1) is 10.8 Å². The summed E-state index contributed by atoms with van der Waals surface area (Å²) in [4.78, 5) is 14.1. The number of amides is 1. The third-order valence-corrected chi connectivity index (χ3v) is 4.81. The van der Waals surface area contributed by atoms with Gasteiger partial charge >= 0.3 is 0 Å². The van der Waals surface area contributed by atoms with Gasteiger partial charge in [-0.05, 0) is 25.5 Å². The van der Waals surface area contributed by atoms with Crippen molar-refractivity contribution in [2.45, 2.75) is 30.6 Å². The number of nitrogens with one attached hydrogen (secondary N) is 1. The fraction of sp³-hybridized carbons (Fsp3) is 0.900. The van der Waals surface area contributed by atoms with E-state index in [4.69, 9.17) is 0 Å². The molecule has 0 aliphatic carbocycles. The second-order valence-corrected chi connectivity index (χ2v) is 6.01. The van der Waals surface area contributed by atoms with E-state index in [0.29, 0.717) is 11.9 Å². The van der Waals surface area contributed by atoms with Crippen molar-refractivity contribution >= 4 is 17.7 Å². The van der Waals surface area contributed by atoms with Crippen molar-refractivity contribution in [1.29, 1.82) is 0 Å². The molecule has 0 spiro atoms. The summed E-state index contributed by atoms with van der Waals surface area (Å²) in [6, 6.07) is 0.431. The molecular weight excluding hydrogens is 196 g/mol. The maximum atomic E-state index is 12.2. The Morgan fingerprint density at radius 2 is 2.29 bits per heavy atom. The second kappa shape index (κ2) is 3.74. The zero-order valence-corrected chi connectivity index (χ0v) is 9.69. The first-order valence-corrected chi connectivity index (χ1v) is 6.24. The number of hydrogen-bond acceptors (Lipinski definition) is 3. The molecule has 2 rings (SSSR count). The third kappa shape index (κ3) is 1.65. The molecule has 2 saturated heterocycles. The van der Waals surface area contributed by atoms with Crippen LogP contribution in [0.5, 0.6) is 0 Å². The average Bonchev–Trinajstić information content (AvgIpc) is 2.49. The van der Waals surface area contributed by atoms with Crippen molar-refractivity contribution in [2.75, 3.05) is 25.9 Å². The maximum absolute atomic E-state index is 12.2. The van der Waals surface area contributed by atoms with Gasteiger partial charge in [-0.2, -0.15) is 0 Å². The minimum atomic E-state index is -0.135. The summed E-state index contributed by atoms with van der Waals surface area (Å²) in [5.74, 6) is 1.46. The third-order valence-electron chi connectivity index (χ3n) is 3.30. The fourth-order valence-electron chi connectivity index (χ4n) is 2.03. The van der Waals surface area contributed by atoms with Crippen LogP contribution in [0.4, 0.5) is 0 Å². The van der Waals surface area contributed by atoms with Gasteiger partial charge in [0.1, 0.15) is 0 Å². The summed E-state index contributed by atoms with van der Waals surface area (Å²) >= 11 is 1.82. The molecule has 1 N–H and O–H groups in total. The van der Waals surface area contributed by atoms with Gasteiger partial charge in [-0.1, -0.05) is 0 Å². The summed E-state index contributed by atoms with van der Waals surface area (Å²) in [5, 5.41) is 3.20. The van der Waals surface area contributed by atoms with E-state index < -0.39 is 0 Å². The highest BCUT2D eigenvalue weighted by Gasteiger charge is 2.41. The predicted molar refractivity (Wildman–Crippen MR) is 59.5 cm³/mol. The predicted octanol–water partition coefficient (Wildman–Crippen LogP) is 0.702. The van der Waals surface area contributed by atoms with E-state index in [1.165, 1.54) is 6.42 Å². The van der Waals surface area contributed by atoms with Crippen LogP contribution in [-0.2, 0) is 4.79 Å². The fourth-order valence-corrected chi connectivity index (χ4v) is 3.33. The Morgan fingerprint density at radius 1 is 1.57 bits per heavy atom. The van der Waals surface area contributed by atoms with Gasteiger partial charge in [0.2, 0.25) is 5.91 Å². The molecule has 0 bridgehead atoms. The molecule has 0 aromatic heterocycles. The summed E-state index contributed by atoms with van der Waals surface area (Å²) in [6.45, 7) is 4.02. The van der Waals surface area contributed by atoms with Crippen molar-refractivity contribution in [3.8, 4) is 0 Å². The molecule has 1 unspecified atom stereocenters. The van der Waals surface area contributed by atoms with Gasteiger partial charge < -0.3 is 10.2 Å². The highest BCUT2D eigenvalue weighted by atomic mass is 32.2. The van der Waals surface area contributed by atoms with Crippen molar-refractivity contribution in [1.82, 2.24) is 10.2 Å². The van der Waals surface area contributed by atoms with Gasteiger partial charge in [-0.3, -0.25) is 4.79 Å². The van der Waals surface area contributed by atoms with Gasteiger partial charge in [0.25, 0.3) is 0 Å². The normalized spacial score (nSPS) is 32.7. The van der Waals surface area contributed by atoms with Crippen LogP contribution in [0.2, 0.25) is 0 Å². The SMILES string of the molecule is CN(C(=O)C1(C)CCCS1)C1CNC1. The van der Waals surface area contributed by atoms with E-state index in [2.05, 4.69) is 12.2 Å². The van der Waals surface area contributed by atoms with E-state index in [1.54, 1.807) is 0 Å². The first-order valence-electron chi connectivity index (χ1n) is 5.25. The number of rotatable bonds is 2. The van der Waals surface area contributed by atoms with Crippen LogP contribution in [0.3, 0.4) is 0 Å². The number of hydrogen-bond donors (Lipinski definition) is 1. The Morgan fingerprint density at radius 3 is 2.71 bits per heavy atom. The van der Waals surface area contributed by atoms with Gasteiger partial charge in [-0.25, -0.2) is 0 Å². The molecule has 1 amide bonds. The molecule has 0 radical (unpaired) electrons. The zero-order valence-electron chi connectivity index (χ0n) is 8.88. The lowest BCUT2D eigenvalue weighted by atomic mass is 10.0. The number of likely N-dealkylation sites (N-methyl/N-ethyl adjacent to an activating group) is 1. The largest absolute Gasteiger partial charge is 0.339 e. The quantitative estimate of drug-likeness (QED) is 0.734. The Hall–Kier alpha value is -0.220. The zero-order chi connectivity index (χ0) is 10.2. The van der Waals surface area contributed by atoms with Crippen molar-refractivity contribution in [2.24, 2.45) is 0 Å². The monoisotopic (exact) mass is 214 g/mol. The number of carbonyl (C=O) groups is 1. The Bertz CT molecular complexity index is 234. The van der Waals surface area contributed by atoms with Crippen LogP contribution in [0.15, 0.2) is 0 Å². The number of nitrogens with zero attached hydrogens (tertiary/aromatic N) is 1. The molecule has 14 heavy (non-hydrogen) atoms.